The maximum absolute atomic E-state index is 13.0. The zero-order valence-electron chi connectivity index (χ0n) is 13.6. The number of thioether (sulfide) groups is 1. The molecule has 3 rings (SSSR count). The molecule has 0 saturated carbocycles. The van der Waals surface area contributed by atoms with E-state index in [9.17, 15) is 9.18 Å². The fourth-order valence-corrected chi connectivity index (χ4v) is 3.49. The number of rotatable bonds is 6. The Morgan fingerprint density at radius 3 is 2.12 bits per heavy atom. The molecule has 126 valence electrons. The highest BCUT2D eigenvalue weighted by atomic mass is 32.2. The largest absolute Gasteiger partial charge is 0.351 e. The highest BCUT2D eigenvalue weighted by Crippen LogP contribution is 2.35. The van der Waals surface area contributed by atoms with Gasteiger partial charge in [-0.2, -0.15) is 0 Å². The average molecular weight is 351 g/mol. The van der Waals surface area contributed by atoms with Gasteiger partial charge in [-0.05, 0) is 35.4 Å². The van der Waals surface area contributed by atoms with E-state index in [0.717, 1.165) is 16.0 Å². The Kier molecular flexibility index (Phi) is 5.86. The molecule has 0 aliphatic heterocycles. The monoisotopic (exact) mass is 351 g/mol. The number of halogens is 1. The van der Waals surface area contributed by atoms with Gasteiger partial charge in [-0.3, -0.25) is 4.79 Å². The molecule has 0 radical (unpaired) electrons. The minimum absolute atomic E-state index is 0.0654. The molecule has 0 aromatic heterocycles. The van der Waals surface area contributed by atoms with Crippen LogP contribution in [0.2, 0.25) is 0 Å². The number of amides is 1. The van der Waals surface area contributed by atoms with Crippen molar-refractivity contribution in [3.63, 3.8) is 0 Å². The molecule has 0 spiro atoms. The van der Waals surface area contributed by atoms with Gasteiger partial charge < -0.3 is 5.32 Å². The lowest BCUT2D eigenvalue weighted by Crippen LogP contribution is -2.27. The Labute approximate surface area is 151 Å². The Morgan fingerprint density at radius 1 is 0.880 bits per heavy atom. The first-order chi connectivity index (χ1) is 12.2. The molecular weight excluding hydrogens is 333 g/mol. The fourth-order valence-electron chi connectivity index (χ4n) is 2.42. The van der Waals surface area contributed by atoms with Gasteiger partial charge in [-0.25, -0.2) is 4.39 Å². The molecule has 0 fully saturated rings. The predicted octanol–water partition coefficient (Wildman–Crippen LogP) is 4.98. The normalized spacial score (nSPS) is 11.7. The second kappa shape index (κ2) is 8.49. The van der Waals surface area contributed by atoms with Gasteiger partial charge in [0.15, 0.2) is 0 Å². The standard InChI is InChI=1S/C21H18FNOS/c22-18-13-11-16(12-14-18)15-23-21(24)20(17-7-3-1-4-8-17)25-19-9-5-2-6-10-19/h1-14,20H,15H2,(H,23,24)/t20-/m0/s1. The maximum atomic E-state index is 13.0. The van der Waals surface area contributed by atoms with Crippen LogP contribution in [-0.4, -0.2) is 5.91 Å². The summed E-state index contributed by atoms with van der Waals surface area (Å²) < 4.78 is 13.0. The summed E-state index contributed by atoms with van der Waals surface area (Å²) in [6, 6.07) is 25.7. The van der Waals surface area contributed by atoms with Gasteiger partial charge in [0.05, 0.1) is 0 Å². The van der Waals surface area contributed by atoms with Crippen molar-refractivity contribution < 1.29 is 9.18 Å². The Bertz CT molecular complexity index is 806. The fraction of sp³-hybridized carbons (Fsp3) is 0.0952. The van der Waals surface area contributed by atoms with Crippen LogP contribution < -0.4 is 5.32 Å². The number of carbonyl (C=O) groups excluding carboxylic acids is 1. The SMILES string of the molecule is O=C(NCc1ccc(F)cc1)[C@@H](Sc1ccccc1)c1ccccc1. The van der Waals surface area contributed by atoms with E-state index in [2.05, 4.69) is 5.32 Å². The summed E-state index contributed by atoms with van der Waals surface area (Å²) in [6.45, 7) is 0.373. The van der Waals surface area contributed by atoms with E-state index >= 15 is 0 Å². The van der Waals surface area contributed by atoms with Crippen LogP contribution in [-0.2, 0) is 11.3 Å². The van der Waals surface area contributed by atoms with Gasteiger partial charge in [0.2, 0.25) is 5.91 Å². The molecule has 0 aliphatic carbocycles. The molecule has 25 heavy (non-hydrogen) atoms. The van der Waals surface area contributed by atoms with Gasteiger partial charge in [-0.15, -0.1) is 11.8 Å². The van der Waals surface area contributed by atoms with Gasteiger partial charge in [0, 0.05) is 11.4 Å². The van der Waals surface area contributed by atoms with Gasteiger partial charge in [-0.1, -0.05) is 60.7 Å². The third-order valence-corrected chi connectivity index (χ3v) is 4.98. The third-order valence-electron chi connectivity index (χ3n) is 3.72. The quantitative estimate of drug-likeness (QED) is 0.635. The molecule has 2 nitrogen and oxygen atoms in total. The highest BCUT2D eigenvalue weighted by Gasteiger charge is 2.21. The number of hydrogen-bond donors (Lipinski definition) is 1. The van der Waals surface area contributed by atoms with Gasteiger partial charge in [0.25, 0.3) is 0 Å². The molecule has 0 bridgehead atoms. The van der Waals surface area contributed by atoms with Crippen molar-refractivity contribution in [2.45, 2.75) is 16.7 Å². The molecular formula is C21H18FNOS. The second-order valence-corrected chi connectivity index (χ2v) is 6.74. The summed E-state index contributed by atoms with van der Waals surface area (Å²) in [6.07, 6.45) is 0. The van der Waals surface area contributed by atoms with Crippen molar-refractivity contribution in [1.29, 1.82) is 0 Å². The highest BCUT2D eigenvalue weighted by molar-refractivity contribution is 8.00. The molecule has 0 heterocycles. The number of hydrogen-bond acceptors (Lipinski definition) is 2. The molecule has 0 aliphatic rings. The first-order valence-corrected chi connectivity index (χ1v) is 8.89. The number of carbonyl (C=O) groups is 1. The lowest BCUT2D eigenvalue weighted by Gasteiger charge is -2.17. The van der Waals surface area contributed by atoms with Crippen LogP contribution in [0.15, 0.2) is 89.8 Å². The smallest absolute Gasteiger partial charge is 0.238 e. The molecule has 1 amide bonds. The first-order valence-electron chi connectivity index (χ1n) is 8.01. The number of benzene rings is 3. The zero-order valence-corrected chi connectivity index (χ0v) is 14.4. The van der Waals surface area contributed by atoms with Crippen LogP contribution in [0.4, 0.5) is 4.39 Å². The Morgan fingerprint density at radius 2 is 1.48 bits per heavy atom. The van der Waals surface area contributed by atoms with Crippen LogP contribution in [0.3, 0.4) is 0 Å². The third kappa shape index (κ3) is 4.94. The summed E-state index contributed by atoms with van der Waals surface area (Å²) in [5.41, 5.74) is 1.82. The van der Waals surface area contributed by atoms with Crippen molar-refractivity contribution >= 4 is 17.7 Å². The Hall–Kier alpha value is -2.59. The molecule has 0 unspecified atom stereocenters. The summed E-state index contributed by atoms with van der Waals surface area (Å²) in [5, 5.41) is 2.61. The van der Waals surface area contributed by atoms with Crippen LogP contribution in [0.1, 0.15) is 16.4 Å². The molecule has 1 atom stereocenters. The molecule has 3 aromatic rings. The first kappa shape index (κ1) is 17.2. The maximum Gasteiger partial charge on any atom is 0.238 e. The van der Waals surface area contributed by atoms with Crippen LogP contribution in [0.5, 0.6) is 0 Å². The van der Waals surface area contributed by atoms with E-state index < -0.39 is 0 Å². The second-order valence-electron chi connectivity index (χ2n) is 5.57. The van der Waals surface area contributed by atoms with E-state index in [0.29, 0.717) is 6.54 Å². The van der Waals surface area contributed by atoms with E-state index in [4.69, 9.17) is 0 Å². The molecule has 3 aromatic carbocycles. The topological polar surface area (TPSA) is 29.1 Å². The van der Waals surface area contributed by atoms with E-state index in [1.165, 1.54) is 23.9 Å². The molecule has 1 N–H and O–H groups in total. The van der Waals surface area contributed by atoms with Crippen LogP contribution in [0, 0.1) is 5.82 Å². The van der Waals surface area contributed by atoms with Crippen LogP contribution >= 0.6 is 11.8 Å². The number of nitrogens with one attached hydrogen (secondary N) is 1. The van der Waals surface area contributed by atoms with E-state index in [1.807, 2.05) is 60.7 Å². The van der Waals surface area contributed by atoms with Crippen LogP contribution in [0.25, 0.3) is 0 Å². The lowest BCUT2D eigenvalue weighted by molar-refractivity contribution is -0.120. The minimum Gasteiger partial charge on any atom is -0.351 e. The minimum atomic E-state index is -0.343. The van der Waals surface area contributed by atoms with Gasteiger partial charge in [0.1, 0.15) is 11.1 Å². The lowest BCUT2D eigenvalue weighted by atomic mass is 10.1. The van der Waals surface area contributed by atoms with Crippen molar-refractivity contribution in [3.8, 4) is 0 Å². The predicted molar refractivity (Wildman–Crippen MR) is 99.7 cm³/mol. The van der Waals surface area contributed by atoms with Crippen molar-refractivity contribution in [2.75, 3.05) is 0 Å². The van der Waals surface area contributed by atoms with E-state index in [1.54, 1.807) is 12.1 Å². The average Bonchev–Trinajstić information content (AvgIpc) is 2.67. The molecule has 4 heteroatoms. The van der Waals surface area contributed by atoms with Crippen molar-refractivity contribution in [1.82, 2.24) is 5.32 Å². The summed E-state index contributed by atoms with van der Waals surface area (Å²) in [7, 11) is 0. The molecule has 0 saturated heterocycles. The summed E-state index contributed by atoms with van der Waals surface area (Å²) in [5.74, 6) is -0.346. The van der Waals surface area contributed by atoms with Gasteiger partial charge >= 0.3 is 0 Å². The van der Waals surface area contributed by atoms with Crippen molar-refractivity contribution in [3.05, 3.63) is 102 Å². The van der Waals surface area contributed by atoms with E-state index in [-0.39, 0.29) is 17.0 Å². The Balaban J connectivity index is 1.74. The summed E-state index contributed by atoms with van der Waals surface area (Å²) >= 11 is 1.52. The van der Waals surface area contributed by atoms with Crippen molar-refractivity contribution in [2.24, 2.45) is 0 Å². The summed E-state index contributed by atoms with van der Waals surface area (Å²) in [4.78, 5) is 13.8. The zero-order chi connectivity index (χ0) is 17.5.